The van der Waals surface area contributed by atoms with Crippen LogP contribution in [0.1, 0.15) is 56.7 Å². The van der Waals surface area contributed by atoms with Crippen LogP contribution in [0.4, 0.5) is 0 Å². The van der Waals surface area contributed by atoms with Gasteiger partial charge in [-0.25, -0.2) is 0 Å². The van der Waals surface area contributed by atoms with E-state index in [-0.39, 0.29) is 17.6 Å². The second kappa shape index (κ2) is 5.58. The second-order valence-electron chi connectivity index (χ2n) is 7.01. The Bertz CT molecular complexity index is 518. The highest BCUT2D eigenvalue weighted by molar-refractivity contribution is 5.07. The average molecular weight is 307 g/mol. The quantitative estimate of drug-likeness (QED) is 0.892. The molecule has 0 unspecified atom stereocenters. The lowest BCUT2D eigenvalue weighted by atomic mass is 9.58. The standard InChI is InChI=1S/C16H25N3O3/c1-2-21-13-9-12(20)16(13)5-7-19(8-6-16)10-14-17-18-15(22-14)11-3-4-11/h11-13,20H,2-10H2,1H3/t12-,13+/m1/s1. The van der Waals surface area contributed by atoms with Crippen molar-refractivity contribution in [2.45, 2.75) is 63.7 Å². The minimum atomic E-state index is -0.198. The van der Waals surface area contributed by atoms with Gasteiger partial charge in [-0.1, -0.05) is 0 Å². The van der Waals surface area contributed by atoms with E-state index in [4.69, 9.17) is 9.15 Å². The van der Waals surface area contributed by atoms with E-state index < -0.39 is 0 Å². The van der Waals surface area contributed by atoms with E-state index in [0.29, 0.717) is 5.92 Å². The summed E-state index contributed by atoms with van der Waals surface area (Å²) in [6.07, 6.45) is 5.18. The molecular weight excluding hydrogens is 282 g/mol. The molecule has 0 aromatic carbocycles. The average Bonchev–Trinajstić information content (AvgIpc) is 3.28. The maximum absolute atomic E-state index is 10.2. The van der Waals surface area contributed by atoms with Crippen LogP contribution in [-0.4, -0.2) is 52.1 Å². The predicted octanol–water partition coefficient (Wildman–Crippen LogP) is 1.70. The summed E-state index contributed by atoms with van der Waals surface area (Å²) in [7, 11) is 0. The summed E-state index contributed by atoms with van der Waals surface area (Å²) in [6, 6.07) is 0. The summed E-state index contributed by atoms with van der Waals surface area (Å²) in [6.45, 7) is 5.41. The van der Waals surface area contributed by atoms with Crippen molar-refractivity contribution in [1.82, 2.24) is 15.1 Å². The molecule has 1 aromatic rings. The van der Waals surface area contributed by atoms with E-state index >= 15 is 0 Å². The Morgan fingerprint density at radius 2 is 2.09 bits per heavy atom. The van der Waals surface area contributed by atoms with Gasteiger partial charge in [0, 0.05) is 24.4 Å². The van der Waals surface area contributed by atoms with Crippen LogP contribution in [0.25, 0.3) is 0 Å². The number of likely N-dealkylation sites (tertiary alicyclic amines) is 1. The first-order valence-corrected chi connectivity index (χ1v) is 8.55. The molecule has 1 saturated heterocycles. The van der Waals surface area contributed by atoms with Crippen LogP contribution in [0.2, 0.25) is 0 Å². The van der Waals surface area contributed by atoms with Gasteiger partial charge in [-0.2, -0.15) is 0 Å². The van der Waals surface area contributed by atoms with Crippen molar-refractivity contribution in [2.75, 3.05) is 19.7 Å². The van der Waals surface area contributed by atoms with Crippen molar-refractivity contribution in [1.29, 1.82) is 0 Å². The minimum absolute atomic E-state index is 0.0134. The molecular formula is C16H25N3O3. The number of aliphatic hydroxyl groups excluding tert-OH is 1. The molecule has 2 heterocycles. The predicted molar refractivity (Wildman–Crippen MR) is 79.3 cm³/mol. The second-order valence-corrected chi connectivity index (χ2v) is 7.01. The Morgan fingerprint density at radius 3 is 2.73 bits per heavy atom. The van der Waals surface area contributed by atoms with Gasteiger partial charge < -0.3 is 14.3 Å². The monoisotopic (exact) mass is 307 g/mol. The van der Waals surface area contributed by atoms with Crippen LogP contribution in [0, 0.1) is 5.41 Å². The number of piperidine rings is 1. The first-order chi connectivity index (χ1) is 10.7. The molecule has 0 radical (unpaired) electrons. The van der Waals surface area contributed by atoms with Crippen molar-refractivity contribution in [3.05, 3.63) is 11.8 Å². The topological polar surface area (TPSA) is 71.6 Å². The fraction of sp³-hybridized carbons (Fsp3) is 0.875. The number of ether oxygens (including phenoxy) is 1. The lowest BCUT2D eigenvalue weighted by Gasteiger charge is -2.56. The fourth-order valence-corrected chi connectivity index (χ4v) is 3.96. The molecule has 0 amide bonds. The highest BCUT2D eigenvalue weighted by atomic mass is 16.5. The number of hydrogen-bond donors (Lipinski definition) is 1. The molecule has 4 rings (SSSR count). The lowest BCUT2D eigenvalue weighted by Crippen LogP contribution is -2.62. The van der Waals surface area contributed by atoms with Gasteiger partial charge in [-0.3, -0.25) is 4.90 Å². The van der Waals surface area contributed by atoms with E-state index in [1.165, 1.54) is 12.8 Å². The van der Waals surface area contributed by atoms with Gasteiger partial charge in [0.15, 0.2) is 0 Å². The molecule has 6 heteroatoms. The Labute approximate surface area is 130 Å². The number of aliphatic hydroxyl groups is 1. The Morgan fingerprint density at radius 1 is 1.32 bits per heavy atom. The van der Waals surface area contributed by atoms with Crippen LogP contribution in [-0.2, 0) is 11.3 Å². The fourth-order valence-electron chi connectivity index (χ4n) is 3.96. The van der Waals surface area contributed by atoms with Gasteiger partial charge in [-0.15, -0.1) is 10.2 Å². The Balaban J connectivity index is 1.33. The Kier molecular flexibility index (Phi) is 3.71. The number of rotatable bonds is 5. The highest BCUT2D eigenvalue weighted by Gasteiger charge is 2.55. The summed E-state index contributed by atoms with van der Waals surface area (Å²) < 4.78 is 11.6. The SMILES string of the molecule is CCO[C@H]1C[C@@H](O)C12CCN(Cc1nnc(C3CC3)o1)CC2. The van der Waals surface area contributed by atoms with Crippen LogP contribution in [0.3, 0.4) is 0 Å². The third-order valence-corrected chi connectivity index (χ3v) is 5.66. The molecule has 22 heavy (non-hydrogen) atoms. The molecule has 0 bridgehead atoms. The van der Waals surface area contributed by atoms with Crippen molar-refractivity contribution < 1.29 is 14.3 Å². The molecule has 1 N–H and O–H groups in total. The Hall–Kier alpha value is -0.980. The molecule has 122 valence electrons. The maximum atomic E-state index is 10.2. The molecule has 3 aliphatic rings. The van der Waals surface area contributed by atoms with Gasteiger partial charge in [0.2, 0.25) is 11.8 Å². The van der Waals surface area contributed by atoms with Crippen LogP contribution < -0.4 is 0 Å². The van der Waals surface area contributed by atoms with Gasteiger partial charge in [0.1, 0.15) is 0 Å². The van der Waals surface area contributed by atoms with Gasteiger partial charge in [0.25, 0.3) is 0 Å². The summed E-state index contributed by atoms with van der Waals surface area (Å²) in [5.41, 5.74) is -0.0134. The smallest absolute Gasteiger partial charge is 0.230 e. The highest BCUT2D eigenvalue weighted by Crippen LogP contribution is 2.51. The van der Waals surface area contributed by atoms with Crippen molar-refractivity contribution >= 4 is 0 Å². The zero-order valence-corrected chi connectivity index (χ0v) is 13.2. The normalized spacial score (nSPS) is 31.4. The summed E-state index contributed by atoms with van der Waals surface area (Å²) in [4.78, 5) is 2.35. The van der Waals surface area contributed by atoms with Gasteiger partial charge >= 0.3 is 0 Å². The zero-order chi connectivity index (χ0) is 15.2. The van der Waals surface area contributed by atoms with Crippen LogP contribution in [0.5, 0.6) is 0 Å². The van der Waals surface area contributed by atoms with Crippen molar-refractivity contribution in [3.8, 4) is 0 Å². The first-order valence-electron chi connectivity index (χ1n) is 8.55. The lowest BCUT2D eigenvalue weighted by molar-refractivity contribution is -0.210. The third kappa shape index (κ3) is 2.47. The van der Waals surface area contributed by atoms with Gasteiger partial charge in [0.05, 0.1) is 18.8 Å². The number of aromatic nitrogens is 2. The molecule has 2 atom stereocenters. The molecule has 3 fully saturated rings. The van der Waals surface area contributed by atoms with E-state index in [2.05, 4.69) is 15.1 Å². The van der Waals surface area contributed by atoms with Gasteiger partial charge in [-0.05, 0) is 45.7 Å². The summed E-state index contributed by atoms with van der Waals surface area (Å²) >= 11 is 0. The van der Waals surface area contributed by atoms with E-state index in [1.54, 1.807) is 0 Å². The summed E-state index contributed by atoms with van der Waals surface area (Å²) in [5.74, 6) is 2.06. The van der Waals surface area contributed by atoms with Crippen molar-refractivity contribution in [3.63, 3.8) is 0 Å². The number of hydrogen-bond acceptors (Lipinski definition) is 6. The molecule has 2 aliphatic carbocycles. The zero-order valence-electron chi connectivity index (χ0n) is 13.2. The van der Waals surface area contributed by atoms with Crippen molar-refractivity contribution in [2.24, 2.45) is 5.41 Å². The molecule has 1 aliphatic heterocycles. The molecule has 2 saturated carbocycles. The molecule has 1 aromatic heterocycles. The van der Waals surface area contributed by atoms with E-state index in [1.807, 2.05) is 6.92 Å². The van der Waals surface area contributed by atoms with Crippen LogP contribution in [0.15, 0.2) is 4.42 Å². The minimum Gasteiger partial charge on any atom is -0.424 e. The molecule has 6 nitrogen and oxygen atoms in total. The number of nitrogens with zero attached hydrogens (tertiary/aromatic N) is 3. The first kappa shape index (κ1) is 14.6. The summed E-state index contributed by atoms with van der Waals surface area (Å²) in [5, 5.41) is 18.5. The largest absolute Gasteiger partial charge is 0.424 e. The maximum Gasteiger partial charge on any atom is 0.230 e. The third-order valence-electron chi connectivity index (χ3n) is 5.66. The van der Waals surface area contributed by atoms with Crippen LogP contribution >= 0.6 is 0 Å². The molecule has 1 spiro atoms. The van der Waals surface area contributed by atoms with E-state index in [0.717, 1.165) is 57.3 Å². The van der Waals surface area contributed by atoms with E-state index in [9.17, 15) is 5.11 Å².